The molecule has 2 unspecified atom stereocenters. The molecule has 0 aromatic carbocycles. The van der Waals surface area contributed by atoms with E-state index in [1.54, 1.807) is 12.4 Å². The van der Waals surface area contributed by atoms with Gasteiger partial charge in [-0.2, -0.15) is 0 Å². The van der Waals surface area contributed by atoms with Crippen molar-refractivity contribution in [3.8, 4) is 11.1 Å². The summed E-state index contributed by atoms with van der Waals surface area (Å²) in [6, 6.07) is 7.94. The molecule has 0 spiro atoms. The van der Waals surface area contributed by atoms with E-state index in [4.69, 9.17) is 0 Å². The minimum absolute atomic E-state index is 0.148. The molecule has 0 amide bonds. The molecule has 1 aliphatic heterocycles. The summed E-state index contributed by atoms with van der Waals surface area (Å²) in [5, 5.41) is 0. The number of nitrogens with zero attached hydrogens (tertiary/aromatic N) is 2. The van der Waals surface area contributed by atoms with Crippen molar-refractivity contribution in [1.82, 2.24) is 9.55 Å². The summed E-state index contributed by atoms with van der Waals surface area (Å²) in [6.45, 7) is 5.30. The van der Waals surface area contributed by atoms with Gasteiger partial charge in [0, 0.05) is 30.2 Å². The number of hydrogen-bond donors (Lipinski definition) is 0. The minimum atomic E-state index is 0.148. The molecule has 0 bridgehead atoms. The lowest BCUT2D eigenvalue weighted by molar-refractivity contribution is 0.306. The monoisotopic (exact) mass is 282 g/mol. The highest BCUT2D eigenvalue weighted by atomic mass is 16.1. The first-order valence-corrected chi connectivity index (χ1v) is 7.88. The third kappa shape index (κ3) is 2.53. The molecule has 2 atom stereocenters. The molecular formula is C18H22N2O. The van der Waals surface area contributed by atoms with Crippen LogP contribution in [0.5, 0.6) is 0 Å². The van der Waals surface area contributed by atoms with E-state index in [1.807, 2.05) is 22.8 Å². The smallest absolute Gasteiger partial charge is 0.258 e. The molecule has 3 nitrogen and oxygen atoms in total. The van der Waals surface area contributed by atoms with Gasteiger partial charge in [0.25, 0.3) is 5.56 Å². The van der Waals surface area contributed by atoms with Gasteiger partial charge >= 0.3 is 0 Å². The van der Waals surface area contributed by atoms with Crippen molar-refractivity contribution in [2.24, 2.45) is 5.92 Å². The second-order valence-corrected chi connectivity index (χ2v) is 5.94. The van der Waals surface area contributed by atoms with Gasteiger partial charge < -0.3 is 4.57 Å². The molecule has 0 N–H and O–H groups in total. The number of hydrogen-bond acceptors (Lipinski definition) is 2. The zero-order valence-corrected chi connectivity index (χ0v) is 12.7. The first-order valence-electron chi connectivity index (χ1n) is 7.88. The van der Waals surface area contributed by atoms with Gasteiger partial charge in [-0.25, -0.2) is 0 Å². The largest absolute Gasteiger partial charge is 0.312 e. The Morgan fingerprint density at radius 3 is 2.57 bits per heavy atom. The molecule has 0 aliphatic carbocycles. The summed E-state index contributed by atoms with van der Waals surface area (Å²) in [4.78, 5) is 16.9. The van der Waals surface area contributed by atoms with Crippen LogP contribution in [0.2, 0.25) is 0 Å². The molecule has 3 heteroatoms. The van der Waals surface area contributed by atoms with Crippen LogP contribution in [0.3, 0.4) is 0 Å². The van der Waals surface area contributed by atoms with Gasteiger partial charge in [-0.3, -0.25) is 9.78 Å². The van der Waals surface area contributed by atoms with Gasteiger partial charge in [-0.1, -0.05) is 20.3 Å². The maximum atomic E-state index is 12.9. The molecule has 110 valence electrons. The van der Waals surface area contributed by atoms with Crippen LogP contribution in [-0.2, 0) is 6.54 Å². The molecule has 0 radical (unpaired) electrons. The average molecular weight is 282 g/mol. The Hall–Kier alpha value is -1.90. The molecule has 0 saturated carbocycles. The summed E-state index contributed by atoms with van der Waals surface area (Å²) in [5.41, 5.74) is 3.10. The molecule has 3 rings (SSSR count). The first kappa shape index (κ1) is 14.1. The Bertz CT molecular complexity index is 675. The van der Waals surface area contributed by atoms with Crippen LogP contribution in [0.1, 0.15) is 44.7 Å². The average Bonchev–Trinajstić information content (AvgIpc) is 2.55. The van der Waals surface area contributed by atoms with Crippen LogP contribution in [0.25, 0.3) is 11.1 Å². The number of rotatable bonds is 3. The van der Waals surface area contributed by atoms with Crippen molar-refractivity contribution in [3.63, 3.8) is 0 Å². The molecule has 2 aromatic heterocycles. The van der Waals surface area contributed by atoms with Crippen LogP contribution in [0.4, 0.5) is 0 Å². The Balaban J connectivity index is 2.11. The van der Waals surface area contributed by atoms with E-state index in [0.717, 1.165) is 30.5 Å². The number of pyridine rings is 2. The third-order valence-electron chi connectivity index (χ3n) is 4.75. The number of fused-ring (bicyclic) bond motifs is 1. The second-order valence-electron chi connectivity index (χ2n) is 5.94. The van der Waals surface area contributed by atoms with E-state index >= 15 is 0 Å². The van der Waals surface area contributed by atoms with Gasteiger partial charge in [-0.05, 0) is 54.5 Å². The summed E-state index contributed by atoms with van der Waals surface area (Å²) in [6.07, 6.45) is 6.93. The second kappa shape index (κ2) is 5.84. The number of aromatic nitrogens is 2. The Morgan fingerprint density at radius 1 is 1.14 bits per heavy atom. The molecule has 2 aromatic rings. The molecule has 0 saturated heterocycles. The summed E-state index contributed by atoms with van der Waals surface area (Å²) in [7, 11) is 0. The fourth-order valence-electron chi connectivity index (χ4n) is 3.42. The van der Waals surface area contributed by atoms with Crippen molar-refractivity contribution in [2.45, 2.75) is 45.6 Å². The van der Waals surface area contributed by atoms with E-state index in [1.165, 1.54) is 12.1 Å². The van der Waals surface area contributed by atoms with Crippen LogP contribution in [0, 0.1) is 5.92 Å². The Morgan fingerprint density at radius 2 is 1.90 bits per heavy atom. The zero-order valence-electron chi connectivity index (χ0n) is 12.7. The Labute approximate surface area is 125 Å². The molecule has 1 aliphatic rings. The maximum Gasteiger partial charge on any atom is 0.258 e. The molecule has 21 heavy (non-hydrogen) atoms. The van der Waals surface area contributed by atoms with Crippen LogP contribution in [0.15, 0.2) is 41.5 Å². The summed E-state index contributed by atoms with van der Waals surface area (Å²) < 4.78 is 2.02. The highest BCUT2D eigenvalue weighted by Gasteiger charge is 2.26. The van der Waals surface area contributed by atoms with Crippen LogP contribution >= 0.6 is 0 Å². The standard InChI is InChI=1S/C18H22N2O/c1-3-13-11-14(4-2)17-6-5-16(18(21)20(17)12-13)15-7-9-19-10-8-15/h5-10,13-14H,3-4,11-12H2,1-2H3. The van der Waals surface area contributed by atoms with E-state index in [-0.39, 0.29) is 5.56 Å². The predicted octanol–water partition coefficient (Wildman–Crippen LogP) is 3.83. The van der Waals surface area contributed by atoms with E-state index < -0.39 is 0 Å². The van der Waals surface area contributed by atoms with Gasteiger partial charge in [0.05, 0.1) is 0 Å². The van der Waals surface area contributed by atoms with Gasteiger partial charge in [0.15, 0.2) is 0 Å². The van der Waals surface area contributed by atoms with Crippen molar-refractivity contribution in [2.75, 3.05) is 0 Å². The minimum Gasteiger partial charge on any atom is -0.312 e. The van der Waals surface area contributed by atoms with Crippen LogP contribution in [-0.4, -0.2) is 9.55 Å². The summed E-state index contributed by atoms with van der Waals surface area (Å²) >= 11 is 0. The van der Waals surface area contributed by atoms with Gasteiger partial charge in [0.2, 0.25) is 0 Å². The normalized spacial score (nSPS) is 21.0. The van der Waals surface area contributed by atoms with Crippen molar-refractivity contribution in [1.29, 1.82) is 0 Å². The lowest BCUT2D eigenvalue weighted by Gasteiger charge is -2.32. The molecule has 3 heterocycles. The van der Waals surface area contributed by atoms with Crippen molar-refractivity contribution >= 4 is 0 Å². The van der Waals surface area contributed by atoms with Crippen molar-refractivity contribution in [3.05, 3.63) is 52.7 Å². The van der Waals surface area contributed by atoms with Crippen molar-refractivity contribution < 1.29 is 0 Å². The molecular weight excluding hydrogens is 260 g/mol. The van der Waals surface area contributed by atoms with E-state index in [2.05, 4.69) is 24.9 Å². The molecule has 0 fully saturated rings. The lowest BCUT2D eigenvalue weighted by Crippen LogP contribution is -2.33. The van der Waals surface area contributed by atoms with Gasteiger partial charge in [0.1, 0.15) is 0 Å². The maximum absolute atomic E-state index is 12.9. The zero-order chi connectivity index (χ0) is 14.8. The fourth-order valence-corrected chi connectivity index (χ4v) is 3.42. The van der Waals surface area contributed by atoms with E-state index in [0.29, 0.717) is 11.8 Å². The first-order chi connectivity index (χ1) is 10.2. The lowest BCUT2D eigenvalue weighted by atomic mass is 9.84. The fraction of sp³-hybridized carbons (Fsp3) is 0.444. The highest BCUT2D eigenvalue weighted by Crippen LogP contribution is 2.34. The third-order valence-corrected chi connectivity index (χ3v) is 4.75. The topological polar surface area (TPSA) is 34.9 Å². The quantitative estimate of drug-likeness (QED) is 0.857. The highest BCUT2D eigenvalue weighted by molar-refractivity contribution is 5.61. The predicted molar refractivity (Wildman–Crippen MR) is 85.4 cm³/mol. The Kier molecular flexibility index (Phi) is 3.91. The summed E-state index contributed by atoms with van der Waals surface area (Å²) in [5.74, 6) is 1.13. The van der Waals surface area contributed by atoms with E-state index in [9.17, 15) is 4.79 Å². The SMILES string of the molecule is CCC1CC(CC)c2ccc(-c3ccncc3)c(=O)n2C1. The van der Waals surface area contributed by atoms with Gasteiger partial charge in [-0.15, -0.1) is 0 Å². The van der Waals surface area contributed by atoms with Crippen LogP contribution < -0.4 is 5.56 Å².